The van der Waals surface area contributed by atoms with Gasteiger partial charge >= 0.3 is 5.97 Å². The third-order valence-corrected chi connectivity index (χ3v) is 8.03. The molecule has 1 fully saturated rings. The highest BCUT2D eigenvalue weighted by Gasteiger charge is 2.33. The van der Waals surface area contributed by atoms with E-state index in [9.17, 15) is 9.59 Å². The number of esters is 1. The van der Waals surface area contributed by atoms with E-state index >= 15 is 0 Å². The number of ether oxygens (including phenoxy) is 1. The first-order valence-corrected chi connectivity index (χ1v) is 14.3. The van der Waals surface area contributed by atoms with E-state index in [2.05, 4.69) is 53.4 Å². The Morgan fingerprint density at radius 1 is 0.725 bits per heavy atom. The summed E-state index contributed by atoms with van der Waals surface area (Å²) in [6.07, 6.45) is 5.89. The van der Waals surface area contributed by atoms with Gasteiger partial charge in [0.1, 0.15) is 0 Å². The molecule has 0 radical (unpaired) electrons. The van der Waals surface area contributed by atoms with Crippen molar-refractivity contribution in [1.82, 2.24) is 4.90 Å². The number of methoxy groups -OCH3 is 1. The number of amides is 1. The molecule has 0 unspecified atom stereocenters. The summed E-state index contributed by atoms with van der Waals surface area (Å²) < 4.78 is 4.89. The molecule has 4 nitrogen and oxygen atoms in total. The third kappa shape index (κ3) is 6.87. The van der Waals surface area contributed by atoms with Crippen LogP contribution in [0.3, 0.4) is 0 Å². The Balaban J connectivity index is 1.40. The molecule has 0 saturated heterocycles. The van der Waals surface area contributed by atoms with Gasteiger partial charge in [-0.3, -0.25) is 4.79 Å². The van der Waals surface area contributed by atoms with E-state index in [0.717, 1.165) is 47.9 Å². The number of carbonyl (C=O) groups excluding carboxylic acids is 2. The van der Waals surface area contributed by atoms with Crippen molar-refractivity contribution in [1.29, 1.82) is 0 Å². The quantitative estimate of drug-likeness (QED) is 0.210. The standard InChI is InChI=1S/C36H37NO3/c1-40-36(39)33-20-11-19-31(25-33)30-18-10-16-29(23-30)24-35(38)37(26-28-14-6-3-7-15-28)34-21-9-8-17-32(34)22-27-12-4-2-5-13-27/h2-7,10-16,18-20,23,25,32,34H,8-9,17,21-22,24,26H2,1H3/t32-,34-/m1/s1. The Morgan fingerprint density at radius 3 is 2.08 bits per heavy atom. The number of rotatable bonds is 9. The lowest BCUT2D eigenvalue weighted by molar-refractivity contribution is -0.135. The molecule has 2 atom stereocenters. The maximum atomic E-state index is 14.1. The SMILES string of the molecule is COC(=O)c1cccc(-c2cccc(CC(=O)N(Cc3ccccc3)[C@@H]3CCCC[C@@H]3Cc3ccccc3)c2)c1. The fraction of sp³-hybridized carbons (Fsp3) is 0.278. The second-order valence-electron chi connectivity index (χ2n) is 10.8. The van der Waals surface area contributed by atoms with Gasteiger partial charge in [0, 0.05) is 12.6 Å². The summed E-state index contributed by atoms with van der Waals surface area (Å²) in [4.78, 5) is 28.3. The lowest BCUT2D eigenvalue weighted by atomic mass is 9.79. The van der Waals surface area contributed by atoms with Crippen LogP contribution >= 0.6 is 0 Å². The molecule has 4 aromatic carbocycles. The van der Waals surface area contributed by atoms with Gasteiger partial charge in [-0.15, -0.1) is 0 Å². The first-order valence-electron chi connectivity index (χ1n) is 14.3. The van der Waals surface area contributed by atoms with E-state index in [-0.39, 0.29) is 17.9 Å². The Kier molecular flexibility index (Phi) is 9.07. The number of hydrogen-bond donors (Lipinski definition) is 0. The highest BCUT2D eigenvalue weighted by molar-refractivity contribution is 5.91. The molecule has 4 aromatic rings. The molecule has 1 amide bonds. The van der Waals surface area contributed by atoms with Gasteiger partial charge in [-0.05, 0) is 65.1 Å². The lowest BCUT2D eigenvalue weighted by Crippen LogP contribution is -2.46. The molecule has 0 aliphatic heterocycles. The van der Waals surface area contributed by atoms with Crippen molar-refractivity contribution >= 4 is 11.9 Å². The van der Waals surface area contributed by atoms with Gasteiger partial charge in [-0.2, -0.15) is 0 Å². The van der Waals surface area contributed by atoms with Gasteiger partial charge in [0.05, 0.1) is 19.1 Å². The third-order valence-electron chi connectivity index (χ3n) is 8.03. The number of hydrogen-bond acceptors (Lipinski definition) is 3. The molecule has 204 valence electrons. The van der Waals surface area contributed by atoms with Crippen molar-refractivity contribution in [3.63, 3.8) is 0 Å². The Bertz CT molecular complexity index is 1420. The van der Waals surface area contributed by atoms with Crippen molar-refractivity contribution in [3.05, 3.63) is 131 Å². The average molecular weight is 532 g/mol. The first kappa shape index (κ1) is 27.4. The Morgan fingerprint density at radius 2 is 1.35 bits per heavy atom. The summed E-state index contributed by atoms with van der Waals surface area (Å²) in [5.41, 5.74) is 5.89. The fourth-order valence-electron chi connectivity index (χ4n) is 6.00. The topological polar surface area (TPSA) is 46.6 Å². The average Bonchev–Trinajstić information content (AvgIpc) is 3.01. The minimum Gasteiger partial charge on any atom is -0.465 e. The zero-order valence-corrected chi connectivity index (χ0v) is 23.2. The Labute approximate surface area is 237 Å². The van der Waals surface area contributed by atoms with Crippen LogP contribution < -0.4 is 0 Å². The maximum Gasteiger partial charge on any atom is 0.337 e. The summed E-state index contributed by atoms with van der Waals surface area (Å²) in [5.74, 6) is 0.243. The van der Waals surface area contributed by atoms with E-state index in [1.54, 1.807) is 6.07 Å². The van der Waals surface area contributed by atoms with Crippen molar-refractivity contribution in [2.75, 3.05) is 7.11 Å². The van der Waals surface area contributed by atoms with Crippen LogP contribution in [0.15, 0.2) is 109 Å². The molecule has 40 heavy (non-hydrogen) atoms. The van der Waals surface area contributed by atoms with E-state index in [0.29, 0.717) is 24.4 Å². The molecule has 5 rings (SSSR count). The minimum atomic E-state index is -0.359. The van der Waals surface area contributed by atoms with Gasteiger partial charge < -0.3 is 9.64 Å². The van der Waals surface area contributed by atoms with Gasteiger partial charge in [-0.25, -0.2) is 4.79 Å². The molecule has 4 heteroatoms. The number of carbonyl (C=O) groups is 2. The zero-order chi connectivity index (χ0) is 27.7. The van der Waals surface area contributed by atoms with Crippen LogP contribution in [0, 0.1) is 5.92 Å². The van der Waals surface area contributed by atoms with Gasteiger partial charge in [-0.1, -0.05) is 110 Å². The minimum absolute atomic E-state index is 0.161. The van der Waals surface area contributed by atoms with Crippen molar-refractivity contribution in [2.45, 2.75) is 51.1 Å². The van der Waals surface area contributed by atoms with Gasteiger partial charge in [0.25, 0.3) is 0 Å². The largest absolute Gasteiger partial charge is 0.465 e. The molecule has 1 aliphatic carbocycles. The highest BCUT2D eigenvalue weighted by atomic mass is 16.5. The summed E-state index contributed by atoms with van der Waals surface area (Å²) >= 11 is 0. The van der Waals surface area contributed by atoms with E-state index in [1.807, 2.05) is 54.6 Å². The van der Waals surface area contributed by atoms with E-state index in [4.69, 9.17) is 4.74 Å². The van der Waals surface area contributed by atoms with Crippen molar-refractivity contribution in [2.24, 2.45) is 5.92 Å². The molecular formula is C36H37NO3. The molecule has 0 N–H and O–H groups in total. The van der Waals surface area contributed by atoms with E-state index < -0.39 is 0 Å². The number of nitrogens with zero attached hydrogens (tertiary/aromatic N) is 1. The number of benzene rings is 4. The van der Waals surface area contributed by atoms with Crippen LogP contribution in [-0.4, -0.2) is 29.9 Å². The van der Waals surface area contributed by atoms with Crippen molar-refractivity contribution in [3.8, 4) is 11.1 Å². The monoisotopic (exact) mass is 531 g/mol. The predicted molar refractivity (Wildman–Crippen MR) is 160 cm³/mol. The second-order valence-corrected chi connectivity index (χ2v) is 10.8. The predicted octanol–water partition coefficient (Wildman–Crippen LogP) is 7.51. The van der Waals surface area contributed by atoms with Gasteiger partial charge in [0.15, 0.2) is 0 Å². The molecule has 1 saturated carbocycles. The lowest BCUT2D eigenvalue weighted by Gasteiger charge is -2.40. The maximum absolute atomic E-state index is 14.1. The first-order chi connectivity index (χ1) is 19.6. The van der Waals surface area contributed by atoms with Crippen molar-refractivity contribution < 1.29 is 14.3 Å². The van der Waals surface area contributed by atoms with Crippen LogP contribution in [0.25, 0.3) is 11.1 Å². The zero-order valence-electron chi connectivity index (χ0n) is 23.2. The van der Waals surface area contributed by atoms with Crippen LogP contribution in [0.1, 0.15) is 52.7 Å². The van der Waals surface area contributed by atoms with Crippen LogP contribution in [-0.2, 0) is 28.9 Å². The molecule has 0 heterocycles. The molecule has 0 spiro atoms. The van der Waals surface area contributed by atoms with Crippen LogP contribution in [0.4, 0.5) is 0 Å². The molecule has 0 aromatic heterocycles. The summed E-state index contributed by atoms with van der Waals surface area (Å²) in [6.45, 7) is 0.622. The fourth-order valence-corrected chi connectivity index (χ4v) is 6.00. The van der Waals surface area contributed by atoms with Crippen LogP contribution in [0.2, 0.25) is 0 Å². The summed E-state index contributed by atoms with van der Waals surface area (Å²) in [7, 11) is 1.39. The molecule has 1 aliphatic rings. The summed E-state index contributed by atoms with van der Waals surface area (Å²) in [5, 5.41) is 0. The van der Waals surface area contributed by atoms with Crippen LogP contribution in [0.5, 0.6) is 0 Å². The summed E-state index contributed by atoms with van der Waals surface area (Å²) in [6, 6.07) is 36.8. The highest BCUT2D eigenvalue weighted by Crippen LogP contribution is 2.33. The van der Waals surface area contributed by atoms with Gasteiger partial charge in [0.2, 0.25) is 5.91 Å². The molecular weight excluding hydrogens is 494 g/mol. The van der Waals surface area contributed by atoms with E-state index in [1.165, 1.54) is 19.1 Å². The Hall–Kier alpha value is -4.18. The smallest absolute Gasteiger partial charge is 0.337 e. The molecule has 0 bridgehead atoms. The second kappa shape index (κ2) is 13.3. The normalized spacial score (nSPS) is 16.7.